The van der Waals surface area contributed by atoms with Gasteiger partial charge >= 0.3 is 0 Å². The van der Waals surface area contributed by atoms with E-state index in [4.69, 9.17) is 4.74 Å². The number of carbonyl (C=O) groups is 1. The van der Waals surface area contributed by atoms with Crippen molar-refractivity contribution in [3.8, 4) is 23.2 Å². The van der Waals surface area contributed by atoms with Gasteiger partial charge in [-0.25, -0.2) is 9.37 Å². The van der Waals surface area contributed by atoms with E-state index in [-0.39, 0.29) is 18.3 Å². The van der Waals surface area contributed by atoms with Crippen molar-refractivity contribution < 1.29 is 13.9 Å². The van der Waals surface area contributed by atoms with Gasteiger partial charge in [0.2, 0.25) is 0 Å². The maximum Gasteiger partial charge on any atom is 0.268 e. The van der Waals surface area contributed by atoms with Crippen LogP contribution in [0.15, 0.2) is 60.8 Å². The highest BCUT2D eigenvalue weighted by atomic mass is 19.1. The molecule has 2 aromatic heterocycles. The summed E-state index contributed by atoms with van der Waals surface area (Å²) < 4.78 is 21.5. The fraction of sp³-hybridized carbons (Fsp3) is 0.0455. The summed E-state index contributed by atoms with van der Waals surface area (Å²) in [6.45, 7) is -0.0274. The van der Waals surface area contributed by atoms with Crippen molar-refractivity contribution >= 4 is 16.8 Å². The lowest BCUT2D eigenvalue weighted by molar-refractivity contribution is 0.0965. The van der Waals surface area contributed by atoms with Gasteiger partial charge in [-0.05, 0) is 36.4 Å². The molecule has 4 aromatic rings. The highest BCUT2D eigenvalue weighted by molar-refractivity contribution is 6.13. The number of pyridine rings is 1. The molecule has 0 radical (unpaired) electrons. The molecule has 0 aliphatic carbocycles. The summed E-state index contributed by atoms with van der Waals surface area (Å²) in [7, 11) is 0. The second-order valence-corrected chi connectivity index (χ2v) is 6.46. The fourth-order valence-electron chi connectivity index (χ4n) is 3.47. The van der Waals surface area contributed by atoms with Crippen molar-refractivity contribution in [3.05, 3.63) is 83.3 Å². The lowest BCUT2D eigenvalue weighted by Gasteiger charge is -2.13. The fourth-order valence-corrected chi connectivity index (χ4v) is 3.47. The van der Waals surface area contributed by atoms with Crippen molar-refractivity contribution in [2.24, 2.45) is 0 Å². The van der Waals surface area contributed by atoms with E-state index in [1.54, 1.807) is 54.7 Å². The molecule has 0 atom stereocenters. The van der Waals surface area contributed by atoms with Crippen molar-refractivity contribution in [1.29, 1.82) is 5.26 Å². The molecule has 2 aromatic carbocycles. The first-order chi connectivity index (χ1) is 13.7. The van der Waals surface area contributed by atoms with Gasteiger partial charge in [-0.2, -0.15) is 5.26 Å². The Balaban J connectivity index is 1.71. The number of halogens is 1. The molecule has 5 nitrogen and oxygen atoms in total. The van der Waals surface area contributed by atoms with Gasteiger partial charge in [0.05, 0.1) is 22.8 Å². The normalized spacial score (nSPS) is 11.9. The lowest BCUT2D eigenvalue weighted by Crippen LogP contribution is -2.08. The summed E-state index contributed by atoms with van der Waals surface area (Å²) in [6, 6.07) is 17.0. The number of nitriles is 1. The van der Waals surface area contributed by atoms with Crippen LogP contribution in [0, 0.1) is 17.1 Å². The number of aromatic nitrogens is 2. The Kier molecular flexibility index (Phi) is 3.49. The Morgan fingerprint density at radius 1 is 1.14 bits per heavy atom. The third-order valence-corrected chi connectivity index (χ3v) is 4.82. The first-order valence-corrected chi connectivity index (χ1v) is 8.64. The molecule has 1 aliphatic rings. The number of hydrogen-bond donors (Lipinski definition) is 0. The van der Waals surface area contributed by atoms with Crippen LogP contribution in [0.2, 0.25) is 0 Å². The summed E-state index contributed by atoms with van der Waals surface area (Å²) in [6.07, 6.45) is 1.67. The maximum absolute atomic E-state index is 14.0. The van der Waals surface area contributed by atoms with E-state index in [0.29, 0.717) is 44.7 Å². The van der Waals surface area contributed by atoms with Crippen LogP contribution in [0.1, 0.15) is 21.5 Å². The van der Waals surface area contributed by atoms with Gasteiger partial charge in [0.15, 0.2) is 0 Å². The topological polar surface area (TPSA) is 67.9 Å². The van der Waals surface area contributed by atoms with E-state index in [9.17, 15) is 14.4 Å². The first-order valence-electron chi connectivity index (χ1n) is 8.64. The third kappa shape index (κ3) is 2.30. The molecule has 28 heavy (non-hydrogen) atoms. The van der Waals surface area contributed by atoms with Gasteiger partial charge in [0.1, 0.15) is 29.4 Å². The van der Waals surface area contributed by atoms with Gasteiger partial charge < -0.3 is 4.74 Å². The zero-order valence-corrected chi connectivity index (χ0v) is 14.5. The van der Waals surface area contributed by atoms with Crippen molar-refractivity contribution in [2.75, 3.05) is 0 Å². The van der Waals surface area contributed by atoms with Gasteiger partial charge in [-0.15, -0.1) is 0 Å². The molecule has 0 unspecified atom stereocenters. The molecule has 0 spiro atoms. The van der Waals surface area contributed by atoms with Gasteiger partial charge in [0, 0.05) is 17.1 Å². The van der Waals surface area contributed by atoms with Crippen LogP contribution in [0.5, 0.6) is 5.75 Å². The number of nitrogens with zero attached hydrogens (tertiary/aromatic N) is 3. The Morgan fingerprint density at radius 3 is 2.82 bits per heavy atom. The molecule has 0 saturated carbocycles. The van der Waals surface area contributed by atoms with E-state index >= 15 is 0 Å². The Morgan fingerprint density at radius 2 is 2.00 bits per heavy atom. The van der Waals surface area contributed by atoms with Crippen LogP contribution < -0.4 is 4.74 Å². The zero-order valence-electron chi connectivity index (χ0n) is 14.5. The molecule has 0 amide bonds. The number of fused-ring (bicyclic) bond motifs is 4. The average molecular weight is 369 g/mol. The second kappa shape index (κ2) is 6.03. The predicted octanol–water partition coefficient (Wildman–Crippen LogP) is 4.29. The monoisotopic (exact) mass is 369 g/mol. The minimum absolute atomic E-state index is 0.0274. The number of rotatable bonds is 3. The van der Waals surface area contributed by atoms with Crippen LogP contribution >= 0.6 is 0 Å². The number of carbonyl (C=O) groups excluding carboxylic acids is 1. The average Bonchev–Trinajstić information content (AvgIpc) is 3.29. The summed E-state index contributed by atoms with van der Waals surface area (Å²) in [4.78, 5) is 17.5. The highest BCUT2D eigenvalue weighted by Gasteiger charge is 2.32. The highest BCUT2D eigenvalue weighted by Crippen LogP contribution is 2.41. The van der Waals surface area contributed by atoms with Crippen LogP contribution in [0.3, 0.4) is 0 Å². The van der Waals surface area contributed by atoms with E-state index in [1.165, 1.54) is 10.6 Å². The molecule has 0 N–H and O–H groups in total. The molecular formula is C22H12FN3O2. The molecular weight excluding hydrogens is 357 g/mol. The first kappa shape index (κ1) is 16.2. The Bertz CT molecular complexity index is 1320. The van der Waals surface area contributed by atoms with Crippen LogP contribution in [0.25, 0.3) is 22.3 Å². The predicted molar refractivity (Wildman–Crippen MR) is 100 cm³/mol. The second-order valence-electron chi connectivity index (χ2n) is 6.46. The molecule has 0 bridgehead atoms. The summed E-state index contributed by atoms with van der Waals surface area (Å²) in [5.74, 6) is -0.263. The Labute approximate surface area is 159 Å². The van der Waals surface area contributed by atoms with E-state index in [1.807, 2.05) is 0 Å². The zero-order chi connectivity index (χ0) is 19.3. The van der Waals surface area contributed by atoms with Crippen molar-refractivity contribution in [3.63, 3.8) is 0 Å². The van der Waals surface area contributed by atoms with Gasteiger partial charge in [-0.3, -0.25) is 9.36 Å². The van der Waals surface area contributed by atoms with E-state index in [0.717, 1.165) is 0 Å². The SMILES string of the molecule is N#Cc1ccc2c(OCc3ccccc3F)c3c(nc2c1)-c1cccn1C3=O. The van der Waals surface area contributed by atoms with Crippen molar-refractivity contribution in [1.82, 2.24) is 9.55 Å². The summed E-state index contributed by atoms with van der Waals surface area (Å²) in [5, 5.41) is 9.81. The smallest absolute Gasteiger partial charge is 0.268 e. The minimum atomic E-state index is -0.373. The molecule has 3 heterocycles. The van der Waals surface area contributed by atoms with E-state index < -0.39 is 0 Å². The molecule has 0 fully saturated rings. The maximum atomic E-state index is 14.0. The molecule has 6 heteroatoms. The molecule has 1 aliphatic heterocycles. The molecule has 134 valence electrons. The van der Waals surface area contributed by atoms with Gasteiger partial charge in [-0.1, -0.05) is 18.2 Å². The third-order valence-electron chi connectivity index (χ3n) is 4.82. The van der Waals surface area contributed by atoms with E-state index in [2.05, 4.69) is 11.1 Å². The largest absolute Gasteiger partial charge is 0.487 e. The van der Waals surface area contributed by atoms with Gasteiger partial charge in [0.25, 0.3) is 5.91 Å². The van der Waals surface area contributed by atoms with Crippen LogP contribution in [-0.2, 0) is 6.61 Å². The lowest BCUT2D eigenvalue weighted by atomic mass is 10.0. The minimum Gasteiger partial charge on any atom is -0.487 e. The van der Waals surface area contributed by atoms with Crippen molar-refractivity contribution in [2.45, 2.75) is 6.61 Å². The number of ether oxygens (including phenoxy) is 1. The standard InChI is InChI=1S/C22H12FN3O2/c23-16-5-2-1-4-14(16)12-28-21-15-8-7-13(11-24)10-17(15)25-20-18-6-3-9-26(18)22(27)19(20)21/h1-10H,12H2. The van der Waals surface area contributed by atoms with Crippen LogP contribution in [-0.4, -0.2) is 15.5 Å². The quantitative estimate of drug-likeness (QED) is 0.476. The Hall–Kier alpha value is -3.98. The number of benzene rings is 2. The van der Waals surface area contributed by atoms with Crippen LogP contribution in [0.4, 0.5) is 4.39 Å². The summed E-state index contributed by atoms with van der Waals surface area (Å²) in [5.41, 5.74) is 2.91. The summed E-state index contributed by atoms with van der Waals surface area (Å²) >= 11 is 0. The molecule has 5 rings (SSSR count). The molecule has 0 saturated heterocycles. The number of hydrogen-bond acceptors (Lipinski definition) is 4.